The molecule has 1 fully saturated rings. The van der Waals surface area contributed by atoms with Gasteiger partial charge < -0.3 is 10.2 Å². The molecule has 0 bridgehead atoms. The fourth-order valence-corrected chi connectivity index (χ4v) is 3.14. The van der Waals surface area contributed by atoms with E-state index in [-0.39, 0.29) is 0 Å². The van der Waals surface area contributed by atoms with Gasteiger partial charge in [0, 0.05) is 18.8 Å². The van der Waals surface area contributed by atoms with Crippen LogP contribution in [0.4, 0.5) is 5.69 Å². The molecular weight excluding hydrogens is 208 g/mol. The summed E-state index contributed by atoms with van der Waals surface area (Å²) in [6.45, 7) is 5.06. The Kier molecular flexibility index (Phi) is 3.32. The van der Waals surface area contributed by atoms with Crippen LogP contribution in [0.5, 0.6) is 0 Å². The number of piperidine rings is 1. The Bertz CT molecular complexity index is 369. The summed E-state index contributed by atoms with van der Waals surface area (Å²) in [5.41, 5.74) is 2.85. The van der Waals surface area contributed by atoms with Gasteiger partial charge in [0.25, 0.3) is 0 Å². The number of para-hydroxylation sites is 1. The standard InChI is InChI=1S/C15H22N2/c1-4-8-17(9-5-1)12-13-10-14-6-2-3-7-15(14)16-11-13/h2-3,6-7,13,16H,1,4-5,8-12H2. The molecule has 1 N–H and O–H groups in total. The van der Waals surface area contributed by atoms with Crippen LogP contribution in [0.25, 0.3) is 0 Å². The van der Waals surface area contributed by atoms with E-state index in [1.54, 1.807) is 0 Å². The van der Waals surface area contributed by atoms with Crippen LogP contribution < -0.4 is 5.32 Å². The molecule has 0 aliphatic carbocycles. The first-order valence-corrected chi connectivity index (χ1v) is 6.96. The quantitative estimate of drug-likeness (QED) is 0.840. The third-order valence-corrected chi connectivity index (χ3v) is 4.07. The van der Waals surface area contributed by atoms with Crippen LogP contribution in [-0.2, 0) is 6.42 Å². The normalized spacial score (nSPS) is 25.1. The molecule has 2 heteroatoms. The fraction of sp³-hybridized carbons (Fsp3) is 0.600. The molecule has 2 aliphatic heterocycles. The highest BCUT2D eigenvalue weighted by Gasteiger charge is 2.21. The highest BCUT2D eigenvalue weighted by atomic mass is 15.1. The molecule has 17 heavy (non-hydrogen) atoms. The van der Waals surface area contributed by atoms with Crippen molar-refractivity contribution in [3.05, 3.63) is 29.8 Å². The summed E-state index contributed by atoms with van der Waals surface area (Å²) in [4.78, 5) is 2.66. The van der Waals surface area contributed by atoms with E-state index in [0.29, 0.717) is 0 Å². The first-order valence-electron chi connectivity index (χ1n) is 6.96. The lowest BCUT2D eigenvalue weighted by Gasteiger charge is -2.33. The Hall–Kier alpha value is -1.02. The van der Waals surface area contributed by atoms with Gasteiger partial charge in [0.15, 0.2) is 0 Å². The molecule has 0 spiro atoms. The monoisotopic (exact) mass is 230 g/mol. The number of rotatable bonds is 2. The van der Waals surface area contributed by atoms with Crippen molar-refractivity contribution < 1.29 is 0 Å². The maximum absolute atomic E-state index is 3.58. The van der Waals surface area contributed by atoms with Gasteiger partial charge in [-0.15, -0.1) is 0 Å². The van der Waals surface area contributed by atoms with E-state index in [1.165, 1.54) is 56.6 Å². The summed E-state index contributed by atoms with van der Waals surface area (Å²) in [5.74, 6) is 0.794. The largest absolute Gasteiger partial charge is 0.384 e. The molecule has 1 unspecified atom stereocenters. The average molecular weight is 230 g/mol. The number of nitrogens with zero attached hydrogens (tertiary/aromatic N) is 1. The molecule has 1 aromatic rings. The topological polar surface area (TPSA) is 15.3 Å². The number of hydrogen-bond acceptors (Lipinski definition) is 2. The van der Waals surface area contributed by atoms with Gasteiger partial charge in [0.05, 0.1) is 0 Å². The minimum absolute atomic E-state index is 0.794. The van der Waals surface area contributed by atoms with Gasteiger partial charge >= 0.3 is 0 Å². The second-order valence-electron chi connectivity index (χ2n) is 5.47. The van der Waals surface area contributed by atoms with Crippen molar-refractivity contribution in [3.63, 3.8) is 0 Å². The van der Waals surface area contributed by atoms with E-state index >= 15 is 0 Å². The lowest BCUT2D eigenvalue weighted by molar-refractivity contribution is 0.197. The first kappa shape index (κ1) is 11.1. The van der Waals surface area contributed by atoms with Crippen molar-refractivity contribution in [1.29, 1.82) is 0 Å². The number of nitrogens with one attached hydrogen (secondary N) is 1. The second-order valence-corrected chi connectivity index (χ2v) is 5.47. The second kappa shape index (κ2) is 5.09. The van der Waals surface area contributed by atoms with Crippen LogP contribution in [0.2, 0.25) is 0 Å². The number of likely N-dealkylation sites (tertiary alicyclic amines) is 1. The lowest BCUT2D eigenvalue weighted by atomic mass is 9.93. The predicted molar refractivity (Wildman–Crippen MR) is 72.4 cm³/mol. The van der Waals surface area contributed by atoms with Crippen LogP contribution in [0, 0.1) is 5.92 Å². The molecular formula is C15H22N2. The van der Waals surface area contributed by atoms with Crippen molar-refractivity contribution in [2.75, 3.05) is 31.5 Å². The van der Waals surface area contributed by atoms with E-state index < -0.39 is 0 Å². The van der Waals surface area contributed by atoms with Gasteiger partial charge in [-0.3, -0.25) is 0 Å². The van der Waals surface area contributed by atoms with E-state index in [0.717, 1.165) is 12.5 Å². The zero-order valence-corrected chi connectivity index (χ0v) is 10.5. The molecule has 2 aliphatic rings. The van der Waals surface area contributed by atoms with E-state index in [9.17, 15) is 0 Å². The maximum Gasteiger partial charge on any atom is 0.0372 e. The Labute approximate surface area is 104 Å². The van der Waals surface area contributed by atoms with Gasteiger partial charge in [0.2, 0.25) is 0 Å². The third kappa shape index (κ3) is 2.63. The Balaban J connectivity index is 1.60. The molecule has 3 rings (SSSR count). The molecule has 0 amide bonds. The summed E-state index contributed by atoms with van der Waals surface area (Å²) >= 11 is 0. The van der Waals surface area contributed by atoms with Crippen molar-refractivity contribution >= 4 is 5.69 Å². The van der Waals surface area contributed by atoms with Crippen LogP contribution in [0.1, 0.15) is 24.8 Å². The molecule has 0 radical (unpaired) electrons. The number of fused-ring (bicyclic) bond motifs is 1. The van der Waals surface area contributed by atoms with E-state index in [4.69, 9.17) is 0 Å². The van der Waals surface area contributed by atoms with Gasteiger partial charge in [-0.25, -0.2) is 0 Å². The van der Waals surface area contributed by atoms with Crippen LogP contribution in [0.15, 0.2) is 24.3 Å². The van der Waals surface area contributed by atoms with Crippen molar-refractivity contribution in [3.8, 4) is 0 Å². The van der Waals surface area contributed by atoms with E-state index in [1.807, 2.05) is 0 Å². The van der Waals surface area contributed by atoms with Gasteiger partial charge in [-0.05, 0) is 49.9 Å². The summed E-state index contributed by atoms with van der Waals surface area (Å²) in [5, 5.41) is 3.58. The SMILES string of the molecule is c1ccc2c(c1)CC(CN1CCCCC1)CN2. The molecule has 0 saturated carbocycles. The molecule has 1 saturated heterocycles. The minimum atomic E-state index is 0.794. The van der Waals surface area contributed by atoms with E-state index in [2.05, 4.69) is 34.5 Å². The van der Waals surface area contributed by atoms with Crippen LogP contribution in [-0.4, -0.2) is 31.1 Å². The summed E-state index contributed by atoms with van der Waals surface area (Å²) in [7, 11) is 0. The van der Waals surface area contributed by atoms with Gasteiger partial charge in [-0.1, -0.05) is 24.6 Å². The first-order chi connectivity index (χ1) is 8.42. The smallest absolute Gasteiger partial charge is 0.0372 e. The van der Waals surface area contributed by atoms with Gasteiger partial charge in [0.1, 0.15) is 0 Å². The number of anilines is 1. The summed E-state index contributed by atoms with van der Waals surface area (Å²) < 4.78 is 0. The Morgan fingerprint density at radius 2 is 1.94 bits per heavy atom. The Morgan fingerprint density at radius 1 is 1.12 bits per heavy atom. The van der Waals surface area contributed by atoms with Crippen molar-refractivity contribution in [1.82, 2.24) is 4.90 Å². The molecule has 1 aromatic carbocycles. The predicted octanol–water partition coefficient (Wildman–Crippen LogP) is 2.76. The fourth-order valence-electron chi connectivity index (χ4n) is 3.14. The zero-order chi connectivity index (χ0) is 11.5. The highest BCUT2D eigenvalue weighted by Crippen LogP contribution is 2.25. The van der Waals surface area contributed by atoms with Crippen LogP contribution in [0.3, 0.4) is 0 Å². The molecule has 1 atom stereocenters. The lowest BCUT2D eigenvalue weighted by Crippen LogP contribution is -2.38. The molecule has 0 aromatic heterocycles. The third-order valence-electron chi connectivity index (χ3n) is 4.07. The zero-order valence-electron chi connectivity index (χ0n) is 10.5. The Morgan fingerprint density at radius 3 is 2.82 bits per heavy atom. The summed E-state index contributed by atoms with van der Waals surface area (Å²) in [6.07, 6.45) is 5.48. The van der Waals surface area contributed by atoms with Crippen molar-refractivity contribution in [2.45, 2.75) is 25.7 Å². The maximum atomic E-state index is 3.58. The number of benzene rings is 1. The highest BCUT2D eigenvalue weighted by molar-refractivity contribution is 5.53. The van der Waals surface area contributed by atoms with Crippen LogP contribution >= 0.6 is 0 Å². The summed E-state index contributed by atoms with van der Waals surface area (Å²) in [6, 6.07) is 8.75. The molecule has 2 nitrogen and oxygen atoms in total. The minimum Gasteiger partial charge on any atom is -0.384 e. The molecule has 92 valence electrons. The molecule has 2 heterocycles. The number of hydrogen-bond donors (Lipinski definition) is 1. The van der Waals surface area contributed by atoms with Gasteiger partial charge in [-0.2, -0.15) is 0 Å². The average Bonchev–Trinajstić information content (AvgIpc) is 2.40. The van der Waals surface area contributed by atoms with Crippen molar-refractivity contribution in [2.24, 2.45) is 5.92 Å².